The van der Waals surface area contributed by atoms with E-state index in [1.807, 2.05) is 32.0 Å². The van der Waals surface area contributed by atoms with Gasteiger partial charge in [-0.2, -0.15) is 0 Å². The monoisotopic (exact) mass is 430 g/mol. The standard InChI is InChI=1S/C17H17Br2FO2/c1-11-3-5-16(14(18)9-11)21-8-7-12(2)22-17-6-4-13(20)10-15(17)19/h3-6,9-10,12H,7-8H2,1-2H3. The fourth-order valence-corrected chi connectivity index (χ4v) is 2.96. The summed E-state index contributed by atoms with van der Waals surface area (Å²) in [6.45, 7) is 4.54. The minimum atomic E-state index is -0.292. The Hall–Kier alpha value is -1.07. The van der Waals surface area contributed by atoms with Crippen molar-refractivity contribution in [1.82, 2.24) is 0 Å². The zero-order chi connectivity index (χ0) is 16.1. The normalized spacial score (nSPS) is 12.0. The summed E-state index contributed by atoms with van der Waals surface area (Å²) >= 11 is 6.78. The zero-order valence-corrected chi connectivity index (χ0v) is 15.6. The van der Waals surface area contributed by atoms with Crippen LogP contribution in [0.5, 0.6) is 11.5 Å². The van der Waals surface area contributed by atoms with E-state index in [-0.39, 0.29) is 11.9 Å². The van der Waals surface area contributed by atoms with E-state index in [0.717, 1.165) is 16.6 Å². The van der Waals surface area contributed by atoms with Crippen molar-refractivity contribution >= 4 is 31.9 Å². The van der Waals surface area contributed by atoms with Gasteiger partial charge >= 0.3 is 0 Å². The van der Waals surface area contributed by atoms with Crippen LogP contribution in [0.4, 0.5) is 4.39 Å². The predicted molar refractivity (Wildman–Crippen MR) is 93.2 cm³/mol. The molecule has 0 aromatic heterocycles. The Kier molecular flexibility index (Phi) is 6.26. The molecule has 1 unspecified atom stereocenters. The molecule has 2 aromatic rings. The summed E-state index contributed by atoms with van der Waals surface area (Å²) < 4.78 is 26.1. The van der Waals surface area contributed by atoms with Gasteiger partial charge in [-0.05, 0) is 81.6 Å². The SMILES string of the molecule is Cc1ccc(OCCC(C)Oc2ccc(F)cc2Br)c(Br)c1. The van der Waals surface area contributed by atoms with Gasteiger partial charge in [-0.15, -0.1) is 0 Å². The second kappa shape index (κ2) is 7.97. The molecule has 0 radical (unpaired) electrons. The van der Waals surface area contributed by atoms with Crippen molar-refractivity contribution < 1.29 is 13.9 Å². The van der Waals surface area contributed by atoms with Crippen LogP contribution < -0.4 is 9.47 Å². The lowest BCUT2D eigenvalue weighted by molar-refractivity contribution is 0.175. The van der Waals surface area contributed by atoms with Crippen molar-refractivity contribution in [3.63, 3.8) is 0 Å². The van der Waals surface area contributed by atoms with E-state index in [2.05, 4.69) is 31.9 Å². The fourth-order valence-electron chi connectivity index (χ4n) is 1.90. The summed E-state index contributed by atoms with van der Waals surface area (Å²) in [6, 6.07) is 10.4. The molecule has 0 saturated carbocycles. The number of rotatable bonds is 6. The summed E-state index contributed by atoms with van der Waals surface area (Å²) in [5.74, 6) is 1.16. The van der Waals surface area contributed by atoms with Crippen LogP contribution in [0, 0.1) is 12.7 Å². The third-order valence-electron chi connectivity index (χ3n) is 3.09. The number of aryl methyl sites for hydroxylation is 1. The quantitative estimate of drug-likeness (QED) is 0.567. The molecule has 22 heavy (non-hydrogen) atoms. The first-order valence-corrected chi connectivity index (χ1v) is 8.55. The first-order valence-electron chi connectivity index (χ1n) is 6.96. The lowest BCUT2D eigenvalue weighted by Gasteiger charge is -2.16. The Bertz CT molecular complexity index is 647. The van der Waals surface area contributed by atoms with E-state index in [9.17, 15) is 4.39 Å². The van der Waals surface area contributed by atoms with Crippen LogP contribution in [0.25, 0.3) is 0 Å². The highest BCUT2D eigenvalue weighted by molar-refractivity contribution is 9.10. The largest absolute Gasteiger partial charge is 0.492 e. The molecule has 1 atom stereocenters. The fraction of sp³-hybridized carbons (Fsp3) is 0.294. The van der Waals surface area contributed by atoms with Gasteiger partial charge in [-0.25, -0.2) is 4.39 Å². The highest BCUT2D eigenvalue weighted by Gasteiger charge is 2.09. The van der Waals surface area contributed by atoms with Gasteiger partial charge in [-0.3, -0.25) is 0 Å². The highest BCUT2D eigenvalue weighted by Crippen LogP contribution is 2.28. The number of benzene rings is 2. The molecule has 0 aliphatic rings. The van der Waals surface area contributed by atoms with E-state index in [1.165, 1.54) is 17.7 Å². The topological polar surface area (TPSA) is 18.5 Å². The van der Waals surface area contributed by atoms with Gasteiger partial charge in [0.25, 0.3) is 0 Å². The molecular formula is C17H17Br2FO2. The van der Waals surface area contributed by atoms with Crippen molar-refractivity contribution in [2.75, 3.05) is 6.61 Å². The van der Waals surface area contributed by atoms with Gasteiger partial charge < -0.3 is 9.47 Å². The Morgan fingerprint density at radius 3 is 2.41 bits per heavy atom. The van der Waals surface area contributed by atoms with E-state index < -0.39 is 0 Å². The van der Waals surface area contributed by atoms with Crippen LogP contribution in [0.2, 0.25) is 0 Å². The number of hydrogen-bond acceptors (Lipinski definition) is 2. The lowest BCUT2D eigenvalue weighted by Crippen LogP contribution is -2.16. The van der Waals surface area contributed by atoms with Gasteiger partial charge in [0.15, 0.2) is 0 Å². The summed E-state index contributed by atoms with van der Waals surface area (Å²) in [5, 5.41) is 0. The molecule has 5 heteroatoms. The maximum atomic E-state index is 13.0. The molecule has 2 aromatic carbocycles. The second-order valence-electron chi connectivity index (χ2n) is 5.07. The number of hydrogen-bond donors (Lipinski definition) is 0. The molecule has 118 valence electrons. The van der Waals surface area contributed by atoms with Crippen LogP contribution in [0.15, 0.2) is 45.3 Å². The van der Waals surface area contributed by atoms with Crippen LogP contribution >= 0.6 is 31.9 Å². The molecule has 0 spiro atoms. The Morgan fingerprint density at radius 1 is 1.05 bits per heavy atom. The van der Waals surface area contributed by atoms with Crippen LogP contribution in [0.3, 0.4) is 0 Å². The number of halogens is 3. The average molecular weight is 432 g/mol. The van der Waals surface area contributed by atoms with Crippen LogP contribution in [-0.4, -0.2) is 12.7 Å². The van der Waals surface area contributed by atoms with Gasteiger partial charge in [0.05, 0.1) is 21.7 Å². The maximum absolute atomic E-state index is 13.0. The van der Waals surface area contributed by atoms with E-state index in [0.29, 0.717) is 16.8 Å². The Morgan fingerprint density at radius 2 is 1.73 bits per heavy atom. The molecule has 2 nitrogen and oxygen atoms in total. The zero-order valence-electron chi connectivity index (χ0n) is 12.4. The van der Waals surface area contributed by atoms with Gasteiger partial charge in [0, 0.05) is 6.42 Å². The molecule has 0 bridgehead atoms. The molecule has 0 heterocycles. The molecule has 2 rings (SSSR count). The third-order valence-corrected chi connectivity index (χ3v) is 4.33. The van der Waals surface area contributed by atoms with Crippen LogP contribution in [0.1, 0.15) is 18.9 Å². The highest BCUT2D eigenvalue weighted by atomic mass is 79.9. The molecule has 0 amide bonds. The number of ether oxygens (including phenoxy) is 2. The molecular weight excluding hydrogens is 415 g/mol. The molecule has 0 aliphatic heterocycles. The van der Waals surface area contributed by atoms with Crippen molar-refractivity contribution in [2.24, 2.45) is 0 Å². The van der Waals surface area contributed by atoms with Crippen molar-refractivity contribution in [1.29, 1.82) is 0 Å². The minimum Gasteiger partial charge on any atom is -0.492 e. The first-order chi connectivity index (χ1) is 10.5. The van der Waals surface area contributed by atoms with Gasteiger partial charge in [-0.1, -0.05) is 6.07 Å². The van der Waals surface area contributed by atoms with Gasteiger partial charge in [0.2, 0.25) is 0 Å². The Labute approximate surface area is 146 Å². The van der Waals surface area contributed by atoms with Crippen molar-refractivity contribution in [2.45, 2.75) is 26.4 Å². The molecule has 0 fully saturated rings. The Balaban J connectivity index is 1.83. The summed E-state index contributed by atoms with van der Waals surface area (Å²) in [5.41, 5.74) is 1.18. The van der Waals surface area contributed by atoms with Crippen LogP contribution in [-0.2, 0) is 0 Å². The lowest BCUT2D eigenvalue weighted by atomic mass is 10.2. The average Bonchev–Trinajstić information content (AvgIpc) is 2.44. The summed E-state index contributed by atoms with van der Waals surface area (Å²) in [6.07, 6.45) is 0.690. The van der Waals surface area contributed by atoms with E-state index in [4.69, 9.17) is 9.47 Å². The molecule has 0 saturated heterocycles. The summed E-state index contributed by atoms with van der Waals surface area (Å²) in [4.78, 5) is 0. The van der Waals surface area contributed by atoms with E-state index in [1.54, 1.807) is 6.07 Å². The van der Waals surface area contributed by atoms with E-state index >= 15 is 0 Å². The second-order valence-corrected chi connectivity index (χ2v) is 6.78. The van der Waals surface area contributed by atoms with Crippen molar-refractivity contribution in [3.8, 4) is 11.5 Å². The first kappa shape index (κ1) is 17.3. The molecule has 0 aliphatic carbocycles. The predicted octanol–water partition coefficient (Wildman–Crippen LogP) is 5.90. The smallest absolute Gasteiger partial charge is 0.134 e. The summed E-state index contributed by atoms with van der Waals surface area (Å²) in [7, 11) is 0. The maximum Gasteiger partial charge on any atom is 0.134 e. The third kappa shape index (κ3) is 4.99. The van der Waals surface area contributed by atoms with Crippen molar-refractivity contribution in [3.05, 3.63) is 56.7 Å². The molecule has 0 N–H and O–H groups in total. The minimum absolute atomic E-state index is 0.0361. The van der Waals surface area contributed by atoms with Gasteiger partial charge in [0.1, 0.15) is 17.3 Å².